The van der Waals surface area contributed by atoms with Gasteiger partial charge in [0.1, 0.15) is 18.1 Å². The van der Waals surface area contributed by atoms with Crippen molar-refractivity contribution in [3.63, 3.8) is 0 Å². The molecule has 6 nitrogen and oxygen atoms in total. The Morgan fingerprint density at radius 2 is 1.86 bits per heavy atom. The number of rotatable bonds is 7. The lowest BCUT2D eigenvalue weighted by molar-refractivity contribution is 0.0451. The second kappa shape index (κ2) is 8.96. The molecule has 1 amide bonds. The molecule has 1 N–H and O–H groups in total. The van der Waals surface area contributed by atoms with Gasteiger partial charge in [0.15, 0.2) is 14.6 Å². The van der Waals surface area contributed by atoms with E-state index in [9.17, 15) is 27.3 Å². The van der Waals surface area contributed by atoms with Crippen LogP contribution >= 0.6 is 15.9 Å². The molecule has 0 saturated carbocycles. The minimum absolute atomic E-state index is 0.0388. The van der Waals surface area contributed by atoms with Gasteiger partial charge in [0.25, 0.3) is 0 Å². The summed E-state index contributed by atoms with van der Waals surface area (Å²) >= 11 is 3.23. The number of alkyl halides is 1. The number of sulfone groups is 1. The Balaban J connectivity index is 3.40. The summed E-state index contributed by atoms with van der Waals surface area (Å²) in [7, 11) is -4.09. The van der Waals surface area contributed by atoms with Crippen LogP contribution in [0.4, 0.5) is 13.6 Å². The van der Waals surface area contributed by atoms with E-state index in [1.54, 1.807) is 20.8 Å². The van der Waals surface area contributed by atoms with E-state index in [0.29, 0.717) is 4.47 Å². The molecule has 0 aromatic heterocycles. The van der Waals surface area contributed by atoms with Crippen LogP contribution < -0.4 is 5.32 Å². The maximum absolute atomic E-state index is 14.6. The molecule has 162 valence electrons. The Hall–Kier alpha value is -1.73. The molecule has 29 heavy (non-hydrogen) atoms. The summed E-state index contributed by atoms with van der Waals surface area (Å²) in [5, 5.41) is 11.9. The van der Waals surface area contributed by atoms with Crippen LogP contribution in [-0.2, 0) is 20.1 Å². The number of hydrogen-bond donors (Lipinski definition) is 1. The zero-order valence-electron chi connectivity index (χ0n) is 17.0. The molecule has 0 spiro atoms. The standard InChI is InChI=1S/C19H25BrF2N2O4S/c1-17(2,3)28-16(25)24-18(4,14-10-13(20)6-7-15(14)22)8-9-19(11-21,12-23)29(5,26)27/h6-7,10H,8-9,11H2,1-5H3,(H,24,25)/t18-,19?/m0/s1. The Labute approximate surface area is 178 Å². The summed E-state index contributed by atoms with van der Waals surface area (Å²) in [5.41, 5.74) is -2.27. The molecule has 0 saturated heterocycles. The van der Waals surface area contributed by atoms with E-state index >= 15 is 0 Å². The smallest absolute Gasteiger partial charge is 0.408 e. The van der Waals surface area contributed by atoms with E-state index in [4.69, 9.17) is 4.74 Å². The Morgan fingerprint density at radius 3 is 2.31 bits per heavy atom. The van der Waals surface area contributed by atoms with Gasteiger partial charge in [0, 0.05) is 16.3 Å². The number of hydrogen-bond acceptors (Lipinski definition) is 5. The number of alkyl carbamates (subject to hydrolysis) is 1. The lowest BCUT2D eigenvalue weighted by atomic mass is 9.84. The number of benzene rings is 1. The molecule has 10 heteroatoms. The summed E-state index contributed by atoms with van der Waals surface area (Å²) in [6, 6.07) is 5.61. The van der Waals surface area contributed by atoms with Crippen molar-refractivity contribution in [2.75, 3.05) is 12.9 Å². The van der Waals surface area contributed by atoms with Crippen molar-refractivity contribution in [1.82, 2.24) is 5.32 Å². The van der Waals surface area contributed by atoms with Crippen molar-refractivity contribution in [3.05, 3.63) is 34.1 Å². The Kier molecular flexibility index (Phi) is 7.82. The van der Waals surface area contributed by atoms with Crippen LogP contribution in [0, 0.1) is 17.1 Å². The van der Waals surface area contributed by atoms with Gasteiger partial charge in [-0.2, -0.15) is 5.26 Å². The first-order chi connectivity index (χ1) is 13.1. The summed E-state index contributed by atoms with van der Waals surface area (Å²) < 4.78 is 55.8. The van der Waals surface area contributed by atoms with Crippen LogP contribution in [0.5, 0.6) is 0 Å². The summed E-state index contributed by atoms with van der Waals surface area (Å²) in [4.78, 5) is 12.4. The average Bonchev–Trinajstić information content (AvgIpc) is 2.55. The normalized spacial score (nSPS) is 16.2. The third kappa shape index (κ3) is 6.37. The maximum Gasteiger partial charge on any atom is 0.408 e. The highest BCUT2D eigenvalue weighted by atomic mass is 79.9. The molecule has 0 aliphatic carbocycles. The molecule has 2 atom stereocenters. The first-order valence-corrected chi connectivity index (χ1v) is 11.4. The monoisotopic (exact) mass is 494 g/mol. The molecule has 0 aliphatic rings. The highest BCUT2D eigenvalue weighted by Crippen LogP contribution is 2.35. The number of carbonyl (C=O) groups is 1. The average molecular weight is 495 g/mol. The fourth-order valence-electron chi connectivity index (χ4n) is 2.69. The van der Waals surface area contributed by atoms with E-state index in [1.165, 1.54) is 31.2 Å². The van der Waals surface area contributed by atoms with E-state index in [2.05, 4.69) is 21.2 Å². The molecule has 1 aromatic rings. The topological polar surface area (TPSA) is 96.3 Å². The molecule has 1 aromatic carbocycles. The predicted octanol–water partition coefficient (Wildman–Crippen LogP) is 4.38. The molecule has 0 aliphatic heterocycles. The van der Waals surface area contributed by atoms with Crippen molar-refractivity contribution < 1.29 is 26.7 Å². The van der Waals surface area contributed by atoms with Crippen molar-refractivity contribution in [2.24, 2.45) is 0 Å². The highest BCUT2D eigenvalue weighted by molar-refractivity contribution is 9.10. The molecule has 0 fully saturated rings. The number of nitrogens with one attached hydrogen (secondary N) is 1. The van der Waals surface area contributed by atoms with E-state index in [0.717, 1.165) is 6.26 Å². The fourth-order valence-corrected chi connectivity index (χ4v) is 3.88. The van der Waals surface area contributed by atoms with Gasteiger partial charge in [-0.1, -0.05) is 15.9 Å². The number of nitrogens with zero attached hydrogens (tertiary/aromatic N) is 1. The largest absolute Gasteiger partial charge is 0.444 e. The minimum Gasteiger partial charge on any atom is -0.444 e. The number of halogens is 3. The lowest BCUT2D eigenvalue weighted by Crippen LogP contribution is -2.48. The minimum atomic E-state index is -4.09. The van der Waals surface area contributed by atoms with Gasteiger partial charge in [0.2, 0.25) is 0 Å². The van der Waals surface area contributed by atoms with Crippen LogP contribution in [-0.4, -0.2) is 37.8 Å². The zero-order chi connectivity index (χ0) is 22.7. The van der Waals surface area contributed by atoms with Gasteiger partial charge in [-0.25, -0.2) is 22.0 Å². The van der Waals surface area contributed by atoms with Crippen LogP contribution in [0.25, 0.3) is 0 Å². The van der Waals surface area contributed by atoms with Crippen LogP contribution in [0.3, 0.4) is 0 Å². The zero-order valence-corrected chi connectivity index (χ0v) is 19.4. The fraction of sp³-hybridized carbons (Fsp3) is 0.579. The number of ether oxygens (including phenoxy) is 1. The number of nitriles is 1. The molecule has 0 heterocycles. The highest BCUT2D eigenvalue weighted by Gasteiger charge is 2.44. The SMILES string of the molecule is CC(C)(C)OC(=O)N[C@@](C)(CCC(C#N)(CF)S(C)(=O)=O)c1cc(Br)ccc1F. The van der Waals surface area contributed by atoms with Gasteiger partial charge in [-0.05, 0) is 58.7 Å². The van der Waals surface area contributed by atoms with Crippen molar-refractivity contribution in [2.45, 2.75) is 56.4 Å². The third-order valence-corrected chi connectivity index (χ3v) is 6.78. The molecule has 0 radical (unpaired) electrons. The van der Waals surface area contributed by atoms with Crippen molar-refractivity contribution >= 4 is 31.9 Å². The van der Waals surface area contributed by atoms with Gasteiger partial charge < -0.3 is 10.1 Å². The third-order valence-electron chi connectivity index (χ3n) is 4.46. The lowest BCUT2D eigenvalue weighted by Gasteiger charge is -2.35. The van der Waals surface area contributed by atoms with E-state index < -0.39 is 50.7 Å². The first-order valence-electron chi connectivity index (χ1n) is 8.73. The molecule has 1 unspecified atom stereocenters. The summed E-state index contributed by atoms with van der Waals surface area (Å²) in [5.74, 6) is -0.658. The molecule has 1 rings (SSSR count). The second-order valence-electron chi connectivity index (χ2n) is 8.10. The van der Waals surface area contributed by atoms with Crippen LogP contribution in [0.2, 0.25) is 0 Å². The van der Waals surface area contributed by atoms with Gasteiger partial charge in [0.05, 0.1) is 11.6 Å². The summed E-state index contributed by atoms with van der Waals surface area (Å²) in [6.45, 7) is 4.99. The van der Waals surface area contributed by atoms with Crippen molar-refractivity contribution in [1.29, 1.82) is 5.26 Å². The molecular formula is C19H25BrF2N2O4S. The van der Waals surface area contributed by atoms with Gasteiger partial charge in [-0.15, -0.1) is 0 Å². The van der Waals surface area contributed by atoms with Crippen molar-refractivity contribution in [3.8, 4) is 6.07 Å². The number of carbonyl (C=O) groups excluding carboxylic acids is 1. The second-order valence-corrected chi connectivity index (χ2v) is 11.3. The van der Waals surface area contributed by atoms with E-state index in [1.807, 2.05) is 0 Å². The van der Waals surface area contributed by atoms with Crippen LogP contribution in [0.1, 0.15) is 46.1 Å². The quantitative estimate of drug-likeness (QED) is 0.606. The first kappa shape index (κ1) is 25.3. The van der Waals surface area contributed by atoms with Gasteiger partial charge in [-0.3, -0.25) is 0 Å². The molecular weight excluding hydrogens is 470 g/mol. The van der Waals surface area contributed by atoms with E-state index in [-0.39, 0.29) is 12.0 Å². The predicted molar refractivity (Wildman–Crippen MR) is 109 cm³/mol. The molecule has 0 bridgehead atoms. The maximum atomic E-state index is 14.6. The Morgan fingerprint density at radius 1 is 1.28 bits per heavy atom. The Bertz CT molecular complexity index is 912. The summed E-state index contributed by atoms with van der Waals surface area (Å²) in [6.07, 6.45) is -0.781. The number of amides is 1. The van der Waals surface area contributed by atoms with Gasteiger partial charge >= 0.3 is 6.09 Å². The van der Waals surface area contributed by atoms with Crippen LogP contribution in [0.15, 0.2) is 22.7 Å².